The highest BCUT2D eigenvalue weighted by Crippen LogP contribution is 2.37. The molecular weight excluding hydrogens is 192 g/mol. The van der Waals surface area contributed by atoms with Crippen molar-refractivity contribution in [1.82, 2.24) is 0 Å². The Morgan fingerprint density at radius 1 is 1.53 bits per heavy atom. The van der Waals surface area contributed by atoms with E-state index in [2.05, 4.69) is 13.8 Å². The summed E-state index contributed by atoms with van der Waals surface area (Å²) in [4.78, 5) is 22.1. The molecule has 0 aromatic heterocycles. The first kappa shape index (κ1) is 12.2. The van der Waals surface area contributed by atoms with E-state index in [1.54, 1.807) is 0 Å². The quantitative estimate of drug-likeness (QED) is 0.779. The number of hydrogen-bond acceptors (Lipinski definition) is 2. The van der Waals surface area contributed by atoms with Gasteiger partial charge in [0.15, 0.2) is 0 Å². The van der Waals surface area contributed by atoms with Gasteiger partial charge in [0.2, 0.25) is 0 Å². The van der Waals surface area contributed by atoms with E-state index in [1.165, 1.54) is 0 Å². The summed E-state index contributed by atoms with van der Waals surface area (Å²) in [5, 5.41) is 8.51. The monoisotopic (exact) mass is 212 g/mol. The second-order valence-electron chi connectivity index (χ2n) is 5.33. The predicted molar refractivity (Wildman–Crippen MR) is 57.6 cm³/mol. The van der Waals surface area contributed by atoms with Crippen molar-refractivity contribution in [3.63, 3.8) is 0 Å². The molecule has 0 radical (unpaired) electrons. The van der Waals surface area contributed by atoms with E-state index in [1.807, 2.05) is 0 Å². The van der Waals surface area contributed by atoms with Gasteiger partial charge in [-0.2, -0.15) is 0 Å². The molecule has 1 atom stereocenters. The third-order valence-corrected chi connectivity index (χ3v) is 3.22. The fourth-order valence-corrected chi connectivity index (χ4v) is 2.24. The van der Waals surface area contributed by atoms with E-state index in [0.717, 1.165) is 19.3 Å². The number of carbonyl (C=O) groups excluding carboxylic acids is 1. The largest absolute Gasteiger partial charge is 0.481 e. The molecule has 0 heterocycles. The highest BCUT2D eigenvalue weighted by Gasteiger charge is 2.32. The Bertz CT molecular complexity index is 256. The number of carbonyl (C=O) groups is 2. The summed E-state index contributed by atoms with van der Waals surface area (Å²) < 4.78 is 0. The van der Waals surface area contributed by atoms with Crippen LogP contribution in [-0.2, 0) is 9.59 Å². The number of carboxylic acid groups (broad SMARTS) is 1. The second-order valence-corrected chi connectivity index (χ2v) is 5.33. The number of hydrogen-bond donors (Lipinski definition) is 1. The van der Waals surface area contributed by atoms with Gasteiger partial charge in [0.25, 0.3) is 0 Å². The fourth-order valence-electron chi connectivity index (χ4n) is 2.24. The zero-order valence-electron chi connectivity index (χ0n) is 9.58. The van der Waals surface area contributed by atoms with Crippen LogP contribution in [0.5, 0.6) is 0 Å². The van der Waals surface area contributed by atoms with E-state index >= 15 is 0 Å². The molecule has 3 heteroatoms. The number of ketones is 1. The first-order valence-electron chi connectivity index (χ1n) is 5.65. The topological polar surface area (TPSA) is 54.4 Å². The van der Waals surface area contributed by atoms with Crippen molar-refractivity contribution in [3.05, 3.63) is 0 Å². The van der Waals surface area contributed by atoms with E-state index in [0.29, 0.717) is 18.6 Å². The summed E-state index contributed by atoms with van der Waals surface area (Å²) in [5.74, 6) is -0.312. The molecular formula is C12H20O3. The molecule has 0 aromatic rings. The zero-order valence-corrected chi connectivity index (χ0v) is 9.58. The number of aliphatic carboxylic acids is 1. The van der Waals surface area contributed by atoms with Crippen LogP contribution in [0.3, 0.4) is 0 Å². The molecule has 0 aromatic carbocycles. The van der Waals surface area contributed by atoms with Gasteiger partial charge in [0.05, 0.1) is 0 Å². The molecule has 0 spiro atoms. The molecule has 0 unspecified atom stereocenters. The lowest BCUT2D eigenvalue weighted by Crippen LogP contribution is -2.30. The number of rotatable bonds is 4. The van der Waals surface area contributed by atoms with Crippen LogP contribution in [0.1, 0.15) is 52.4 Å². The minimum atomic E-state index is -0.765. The van der Waals surface area contributed by atoms with Crippen LogP contribution in [0.2, 0.25) is 0 Å². The van der Waals surface area contributed by atoms with Gasteiger partial charge in [-0.1, -0.05) is 13.8 Å². The maximum atomic E-state index is 11.7. The number of carboxylic acids is 1. The fraction of sp³-hybridized carbons (Fsp3) is 0.833. The number of Topliss-reactive ketones (excluding diaryl/α,β-unsaturated/α-hetero) is 1. The summed E-state index contributed by atoms with van der Waals surface area (Å²) in [6.07, 6.45) is 4.24. The van der Waals surface area contributed by atoms with Crippen LogP contribution in [-0.4, -0.2) is 16.9 Å². The molecule has 1 saturated carbocycles. The zero-order chi connectivity index (χ0) is 11.5. The molecule has 1 aliphatic rings. The molecule has 1 N–H and O–H groups in total. The van der Waals surface area contributed by atoms with Crippen LogP contribution < -0.4 is 0 Å². The van der Waals surface area contributed by atoms with Gasteiger partial charge >= 0.3 is 5.97 Å². The molecule has 1 aliphatic carbocycles. The third kappa shape index (κ3) is 4.02. The SMILES string of the molecule is CC1(C)CC[C@@H](CCCC(=O)O)C(=O)C1. The minimum absolute atomic E-state index is 0.123. The molecule has 0 amide bonds. The van der Waals surface area contributed by atoms with E-state index in [9.17, 15) is 9.59 Å². The molecule has 86 valence electrons. The molecule has 15 heavy (non-hydrogen) atoms. The third-order valence-electron chi connectivity index (χ3n) is 3.22. The molecule has 0 bridgehead atoms. The van der Waals surface area contributed by atoms with Crippen molar-refractivity contribution in [1.29, 1.82) is 0 Å². The molecule has 0 saturated heterocycles. The van der Waals surface area contributed by atoms with Gasteiger partial charge in [0, 0.05) is 18.8 Å². The molecule has 1 fully saturated rings. The van der Waals surface area contributed by atoms with Crippen molar-refractivity contribution in [2.24, 2.45) is 11.3 Å². The maximum Gasteiger partial charge on any atom is 0.303 e. The highest BCUT2D eigenvalue weighted by atomic mass is 16.4. The van der Waals surface area contributed by atoms with Gasteiger partial charge < -0.3 is 5.11 Å². The van der Waals surface area contributed by atoms with Crippen LogP contribution in [0.25, 0.3) is 0 Å². The Labute approximate surface area is 90.9 Å². The van der Waals surface area contributed by atoms with Gasteiger partial charge in [-0.25, -0.2) is 0 Å². The molecule has 0 aliphatic heterocycles. The summed E-state index contributed by atoms with van der Waals surface area (Å²) >= 11 is 0. The standard InChI is InChI=1S/C12H20O3/c1-12(2)7-6-9(10(13)8-12)4-3-5-11(14)15/h9H,3-8H2,1-2H3,(H,14,15)/t9-/m1/s1. The lowest BCUT2D eigenvalue weighted by molar-refractivity contribution is -0.137. The Morgan fingerprint density at radius 2 is 2.20 bits per heavy atom. The van der Waals surface area contributed by atoms with E-state index in [-0.39, 0.29) is 17.8 Å². The van der Waals surface area contributed by atoms with Crippen molar-refractivity contribution < 1.29 is 14.7 Å². The summed E-state index contributed by atoms with van der Waals surface area (Å²) in [7, 11) is 0. The first-order chi connectivity index (χ1) is 6.91. The van der Waals surface area contributed by atoms with Crippen molar-refractivity contribution in [2.75, 3.05) is 0 Å². The lowest BCUT2D eigenvalue weighted by atomic mass is 9.71. The Hall–Kier alpha value is -0.860. The summed E-state index contributed by atoms with van der Waals surface area (Å²) in [5.41, 5.74) is 0.153. The smallest absolute Gasteiger partial charge is 0.303 e. The summed E-state index contributed by atoms with van der Waals surface area (Å²) in [6, 6.07) is 0. The molecule has 3 nitrogen and oxygen atoms in total. The maximum absolute atomic E-state index is 11.7. The highest BCUT2D eigenvalue weighted by molar-refractivity contribution is 5.82. The van der Waals surface area contributed by atoms with Crippen LogP contribution in [0, 0.1) is 11.3 Å². The van der Waals surface area contributed by atoms with Gasteiger partial charge in [-0.3, -0.25) is 9.59 Å². The Morgan fingerprint density at radius 3 is 2.73 bits per heavy atom. The predicted octanol–water partition coefficient (Wildman–Crippen LogP) is 2.64. The van der Waals surface area contributed by atoms with Gasteiger partial charge in [-0.05, 0) is 31.1 Å². The molecule has 1 rings (SSSR count). The van der Waals surface area contributed by atoms with Crippen LogP contribution >= 0.6 is 0 Å². The van der Waals surface area contributed by atoms with Crippen LogP contribution in [0.4, 0.5) is 0 Å². The normalized spacial score (nSPS) is 25.2. The average Bonchev–Trinajstić information content (AvgIpc) is 2.07. The Kier molecular flexibility index (Phi) is 3.89. The van der Waals surface area contributed by atoms with E-state index < -0.39 is 5.97 Å². The average molecular weight is 212 g/mol. The van der Waals surface area contributed by atoms with Crippen LogP contribution in [0.15, 0.2) is 0 Å². The Balaban J connectivity index is 2.32. The van der Waals surface area contributed by atoms with Crippen molar-refractivity contribution in [3.8, 4) is 0 Å². The minimum Gasteiger partial charge on any atom is -0.481 e. The first-order valence-corrected chi connectivity index (χ1v) is 5.65. The second kappa shape index (κ2) is 4.77. The van der Waals surface area contributed by atoms with Gasteiger partial charge in [0.1, 0.15) is 5.78 Å². The van der Waals surface area contributed by atoms with Crippen molar-refractivity contribution >= 4 is 11.8 Å². The van der Waals surface area contributed by atoms with E-state index in [4.69, 9.17) is 5.11 Å². The summed E-state index contributed by atoms with van der Waals surface area (Å²) in [6.45, 7) is 4.25. The van der Waals surface area contributed by atoms with Crippen molar-refractivity contribution in [2.45, 2.75) is 52.4 Å². The lowest BCUT2D eigenvalue weighted by Gasteiger charge is -2.33. The van der Waals surface area contributed by atoms with Gasteiger partial charge in [-0.15, -0.1) is 0 Å².